The minimum Gasteiger partial charge on any atom is -0.493 e. The largest absolute Gasteiger partial charge is 1.00 e. The summed E-state index contributed by atoms with van der Waals surface area (Å²) in [4.78, 5) is 13.1. The smallest absolute Gasteiger partial charge is 0.493 e. The molecule has 0 fully saturated rings. The van der Waals surface area contributed by atoms with E-state index in [1.54, 1.807) is 20.4 Å². The number of benzene rings is 1. The molecule has 0 N–H and O–H groups in total. The van der Waals surface area contributed by atoms with Crippen molar-refractivity contribution < 1.29 is 60.9 Å². The predicted octanol–water partition coefficient (Wildman–Crippen LogP) is -0.930. The molecule has 0 unspecified atom stereocenters. The molecule has 3 aromatic rings. The number of fused-ring (bicyclic) bond motifs is 3. The maximum atomic E-state index is 5.30. The summed E-state index contributed by atoms with van der Waals surface area (Å²) < 4.78 is 10.6. The zero-order chi connectivity index (χ0) is 12.7. The number of pyridine rings is 1. The third-order valence-electron chi connectivity index (χ3n) is 2.88. The topological polar surface area (TPSA) is 58.3 Å². The summed E-state index contributed by atoms with van der Waals surface area (Å²) in [6.45, 7) is 1.87. The van der Waals surface area contributed by atoms with Gasteiger partial charge < -0.3 is 19.4 Å². The van der Waals surface area contributed by atoms with Crippen LogP contribution in [-0.2, 0) is 0 Å². The van der Waals surface area contributed by atoms with Gasteiger partial charge in [-0.1, -0.05) is 5.82 Å². The van der Waals surface area contributed by atoms with Crippen LogP contribution in [0.5, 0.6) is 11.5 Å². The molecule has 0 saturated heterocycles. The second-order valence-electron chi connectivity index (χ2n) is 3.99. The number of aromatic nitrogens is 3. The third kappa shape index (κ3) is 2.51. The second-order valence-corrected chi connectivity index (χ2v) is 3.99. The summed E-state index contributed by atoms with van der Waals surface area (Å²) in [6, 6.07) is 3.73. The van der Waals surface area contributed by atoms with Gasteiger partial charge in [-0.3, -0.25) is 4.98 Å². The Bertz CT molecular complexity index is 739. The van der Waals surface area contributed by atoms with E-state index < -0.39 is 0 Å². The van der Waals surface area contributed by atoms with Gasteiger partial charge in [0.05, 0.1) is 19.7 Å². The van der Waals surface area contributed by atoms with Gasteiger partial charge in [-0.15, -0.1) is 0 Å². The number of methoxy groups -OCH3 is 2. The molecule has 19 heavy (non-hydrogen) atoms. The second kappa shape index (κ2) is 5.76. The molecule has 0 aliphatic rings. The average molecular weight is 281 g/mol. The molecule has 3 rings (SSSR count). The number of ether oxygens (including phenoxy) is 2. The standard InChI is InChI=1S/C13H12N3O2.K/c1-7-15-10-6-14-9-5-12(18-3)11(17-2)4-8(9)13(10)16-7;/h4-6H,1-3H3;/q-1;+1. The number of hydrogen-bond donors (Lipinski definition) is 0. The Morgan fingerprint density at radius 3 is 2.42 bits per heavy atom. The molecule has 92 valence electrons. The van der Waals surface area contributed by atoms with Crippen molar-refractivity contribution in [1.82, 2.24) is 15.0 Å². The molecule has 2 heterocycles. The molecule has 0 bridgehead atoms. The van der Waals surface area contributed by atoms with Gasteiger partial charge in [0.1, 0.15) is 0 Å². The zero-order valence-electron chi connectivity index (χ0n) is 11.4. The van der Waals surface area contributed by atoms with Gasteiger partial charge in [-0.25, -0.2) is 0 Å². The fourth-order valence-corrected chi connectivity index (χ4v) is 2.05. The maximum absolute atomic E-state index is 5.30. The molecule has 0 aliphatic heterocycles. The van der Waals surface area contributed by atoms with Gasteiger partial charge in [-0.2, -0.15) is 0 Å². The molecule has 0 atom stereocenters. The summed E-state index contributed by atoms with van der Waals surface area (Å²) in [5.41, 5.74) is 2.46. The molecule has 0 radical (unpaired) electrons. The fourth-order valence-electron chi connectivity index (χ4n) is 2.05. The Morgan fingerprint density at radius 2 is 1.74 bits per heavy atom. The zero-order valence-corrected chi connectivity index (χ0v) is 14.5. The van der Waals surface area contributed by atoms with E-state index in [0.29, 0.717) is 11.5 Å². The van der Waals surface area contributed by atoms with E-state index in [-0.39, 0.29) is 51.4 Å². The normalized spacial score (nSPS) is 10.5. The number of aryl methyl sites for hydroxylation is 1. The fraction of sp³-hybridized carbons (Fsp3) is 0.231. The molecular weight excluding hydrogens is 269 g/mol. The van der Waals surface area contributed by atoms with Crippen molar-refractivity contribution in [1.29, 1.82) is 0 Å². The maximum Gasteiger partial charge on any atom is 1.00 e. The summed E-state index contributed by atoms with van der Waals surface area (Å²) in [5.74, 6) is 2.07. The van der Waals surface area contributed by atoms with E-state index in [1.165, 1.54) is 0 Å². The first-order valence-electron chi connectivity index (χ1n) is 5.54. The molecule has 5 nitrogen and oxygen atoms in total. The summed E-state index contributed by atoms with van der Waals surface area (Å²) >= 11 is 0. The van der Waals surface area contributed by atoms with Crippen LogP contribution in [0, 0.1) is 6.92 Å². The summed E-state index contributed by atoms with van der Waals surface area (Å²) in [5, 5.41) is 0.922. The quantitative estimate of drug-likeness (QED) is 0.568. The van der Waals surface area contributed by atoms with Gasteiger partial charge in [0.15, 0.2) is 11.5 Å². The van der Waals surface area contributed by atoms with Crippen molar-refractivity contribution in [2.24, 2.45) is 0 Å². The monoisotopic (exact) mass is 281 g/mol. The Hall–Kier alpha value is -0.664. The molecule has 0 spiro atoms. The van der Waals surface area contributed by atoms with Crippen LogP contribution in [0.25, 0.3) is 21.9 Å². The van der Waals surface area contributed by atoms with E-state index in [1.807, 2.05) is 19.1 Å². The third-order valence-corrected chi connectivity index (χ3v) is 2.88. The minimum atomic E-state index is 0. The van der Waals surface area contributed by atoms with Gasteiger partial charge in [0, 0.05) is 17.6 Å². The number of imidazole rings is 1. The summed E-state index contributed by atoms with van der Waals surface area (Å²) in [7, 11) is 3.22. The van der Waals surface area contributed by atoms with E-state index in [9.17, 15) is 0 Å². The van der Waals surface area contributed by atoms with Crippen LogP contribution in [0.2, 0.25) is 0 Å². The van der Waals surface area contributed by atoms with E-state index in [2.05, 4.69) is 15.0 Å². The molecular formula is C13H12KN3O2. The van der Waals surface area contributed by atoms with Crippen molar-refractivity contribution in [3.8, 4) is 11.5 Å². The van der Waals surface area contributed by atoms with E-state index in [4.69, 9.17) is 9.47 Å². The van der Waals surface area contributed by atoms with Gasteiger partial charge in [0.25, 0.3) is 0 Å². The van der Waals surface area contributed by atoms with E-state index in [0.717, 1.165) is 27.8 Å². The Morgan fingerprint density at radius 1 is 1.05 bits per heavy atom. The molecule has 0 aliphatic carbocycles. The molecule has 1 aromatic carbocycles. The SMILES string of the molecule is COc1cc2ncc3nc(C)[n-]c3c2cc1OC.[K+]. The van der Waals surface area contributed by atoms with Crippen LogP contribution >= 0.6 is 0 Å². The van der Waals surface area contributed by atoms with Crippen LogP contribution in [0.15, 0.2) is 18.3 Å². The Labute approximate surface area is 153 Å². The van der Waals surface area contributed by atoms with Gasteiger partial charge in [0.2, 0.25) is 0 Å². The molecule has 0 amide bonds. The van der Waals surface area contributed by atoms with Gasteiger partial charge in [-0.05, 0) is 24.0 Å². The molecule has 2 aromatic heterocycles. The first kappa shape index (κ1) is 14.7. The van der Waals surface area contributed by atoms with Crippen LogP contribution in [0.1, 0.15) is 5.82 Å². The Kier molecular flexibility index (Phi) is 4.47. The van der Waals surface area contributed by atoms with Crippen LogP contribution in [0.3, 0.4) is 0 Å². The predicted molar refractivity (Wildman–Crippen MR) is 68.2 cm³/mol. The van der Waals surface area contributed by atoms with Crippen LogP contribution in [0.4, 0.5) is 0 Å². The number of rotatable bonds is 2. The Balaban J connectivity index is 0.00000133. The first-order chi connectivity index (χ1) is 8.72. The first-order valence-corrected chi connectivity index (χ1v) is 5.54. The minimum absolute atomic E-state index is 0. The van der Waals surface area contributed by atoms with Crippen molar-refractivity contribution in [2.45, 2.75) is 6.92 Å². The molecule has 0 saturated carbocycles. The van der Waals surface area contributed by atoms with Crippen LogP contribution in [-0.4, -0.2) is 24.2 Å². The van der Waals surface area contributed by atoms with Crippen molar-refractivity contribution in [3.63, 3.8) is 0 Å². The number of nitrogens with zero attached hydrogens (tertiary/aromatic N) is 3. The van der Waals surface area contributed by atoms with Crippen LogP contribution < -0.4 is 65.8 Å². The number of hydrogen-bond acceptors (Lipinski definition) is 4. The van der Waals surface area contributed by atoms with Crippen molar-refractivity contribution >= 4 is 21.9 Å². The average Bonchev–Trinajstić information content (AvgIpc) is 2.77. The van der Waals surface area contributed by atoms with Crippen molar-refractivity contribution in [2.75, 3.05) is 14.2 Å². The van der Waals surface area contributed by atoms with E-state index >= 15 is 0 Å². The summed E-state index contributed by atoms with van der Waals surface area (Å²) in [6.07, 6.45) is 1.73. The van der Waals surface area contributed by atoms with Gasteiger partial charge >= 0.3 is 51.4 Å². The van der Waals surface area contributed by atoms with Crippen molar-refractivity contribution in [3.05, 3.63) is 24.2 Å². The molecule has 6 heteroatoms.